The maximum atomic E-state index is 4.25. The molecule has 0 bridgehead atoms. The lowest BCUT2D eigenvalue weighted by Gasteiger charge is -2.22. The molecule has 0 spiro atoms. The zero-order chi connectivity index (χ0) is 9.68. The van der Waals surface area contributed by atoms with Crippen LogP contribution < -0.4 is 4.90 Å². The van der Waals surface area contributed by atoms with Crippen molar-refractivity contribution in [2.75, 3.05) is 18.0 Å². The van der Waals surface area contributed by atoms with Gasteiger partial charge in [0, 0.05) is 19.3 Å². The van der Waals surface area contributed by atoms with E-state index >= 15 is 0 Å². The van der Waals surface area contributed by atoms with Crippen LogP contribution in [-0.2, 0) is 0 Å². The molecule has 1 heterocycles. The third-order valence-electron chi connectivity index (χ3n) is 2.11. The highest BCUT2D eigenvalue weighted by molar-refractivity contribution is 5.63. The molecule has 1 rings (SSSR count). The molecule has 13 heavy (non-hydrogen) atoms. The van der Waals surface area contributed by atoms with Gasteiger partial charge in [0.2, 0.25) is 0 Å². The summed E-state index contributed by atoms with van der Waals surface area (Å²) >= 11 is 0. The molecule has 0 amide bonds. The third-order valence-corrected chi connectivity index (χ3v) is 2.11. The smallest absolute Gasteiger partial charge is 0.0857 e. The minimum atomic E-state index is 0.964. The summed E-state index contributed by atoms with van der Waals surface area (Å²) in [5.41, 5.74) is 2.13. The zero-order valence-corrected chi connectivity index (χ0v) is 8.33. The summed E-state index contributed by atoms with van der Waals surface area (Å²) in [5, 5.41) is 0. The Balaban J connectivity index is 3.03. The van der Waals surface area contributed by atoms with Gasteiger partial charge in [-0.3, -0.25) is 4.98 Å². The Morgan fingerprint density at radius 1 is 1.46 bits per heavy atom. The van der Waals surface area contributed by atoms with Crippen LogP contribution in [0.5, 0.6) is 0 Å². The molecule has 1 aromatic rings. The first-order chi connectivity index (χ1) is 6.33. The summed E-state index contributed by atoms with van der Waals surface area (Å²) in [6.07, 6.45) is 3.59. The van der Waals surface area contributed by atoms with E-state index in [1.54, 1.807) is 12.3 Å². The maximum Gasteiger partial charge on any atom is 0.0857 e. The van der Waals surface area contributed by atoms with E-state index < -0.39 is 0 Å². The number of nitrogens with zero attached hydrogens (tertiary/aromatic N) is 2. The van der Waals surface area contributed by atoms with Crippen molar-refractivity contribution in [1.29, 1.82) is 0 Å². The molecule has 0 N–H and O–H groups in total. The second-order valence-electron chi connectivity index (χ2n) is 2.78. The third kappa shape index (κ3) is 2.08. The molecule has 0 aliphatic heterocycles. The van der Waals surface area contributed by atoms with Crippen LogP contribution in [0.1, 0.15) is 19.5 Å². The van der Waals surface area contributed by atoms with Gasteiger partial charge in [-0.25, -0.2) is 0 Å². The molecule has 0 unspecified atom stereocenters. The van der Waals surface area contributed by atoms with Crippen molar-refractivity contribution < 1.29 is 0 Å². The maximum absolute atomic E-state index is 4.25. The van der Waals surface area contributed by atoms with E-state index in [2.05, 4.69) is 36.4 Å². The number of pyridine rings is 1. The molecule has 1 aromatic heterocycles. The van der Waals surface area contributed by atoms with E-state index in [1.807, 2.05) is 6.07 Å². The van der Waals surface area contributed by atoms with Crippen LogP contribution in [0.15, 0.2) is 24.9 Å². The average Bonchev–Trinajstić information content (AvgIpc) is 2.20. The lowest BCUT2D eigenvalue weighted by atomic mass is 10.2. The van der Waals surface area contributed by atoms with E-state index in [0.717, 1.165) is 18.8 Å². The SMILES string of the molecule is C=Cc1ncccc1N(CC)CC. The summed E-state index contributed by atoms with van der Waals surface area (Å²) < 4.78 is 0. The fourth-order valence-corrected chi connectivity index (χ4v) is 1.40. The summed E-state index contributed by atoms with van der Waals surface area (Å²) in [5.74, 6) is 0. The normalized spacial score (nSPS) is 9.69. The monoisotopic (exact) mass is 176 g/mol. The minimum absolute atomic E-state index is 0.964. The molecule has 0 saturated carbocycles. The van der Waals surface area contributed by atoms with Crippen molar-refractivity contribution in [3.05, 3.63) is 30.6 Å². The Morgan fingerprint density at radius 2 is 2.15 bits per heavy atom. The van der Waals surface area contributed by atoms with Gasteiger partial charge < -0.3 is 4.90 Å². The number of hydrogen-bond donors (Lipinski definition) is 0. The molecule has 0 aromatic carbocycles. The Hall–Kier alpha value is -1.31. The van der Waals surface area contributed by atoms with Gasteiger partial charge in [-0.1, -0.05) is 6.58 Å². The number of anilines is 1. The summed E-state index contributed by atoms with van der Waals surface area (Å²) in [6, 6.07) is 4.04. The van der Waals surface area contributed by atoms with Crippen molar-refractivity contribution >= 4 is 11.8 Å². The second kappa shape index (κ2) is 4.65. The van der Waals surface area contributed by atoms with Crippen LogP contribution in [0.4, 0.5) is 5.69 Å². The number of rotatable bonds is 4. The van der Waals surface area contributed by atoms with Gasteiger partial charge in [0.25, 0.3) is 0 Å². The van der Waals surface area contributed by atoms with E-state index in [-0.39, 0.29) is 0 Å². The van der Waals surface area contributed by atoms with E-state index in [1.165, 1.54) is 5.69 Å². The lowest BCUT2D eigenvalue weighted by Crippen LogP contribution is -2.22. The van der Waals surface area contributed by atoms with Crippen molar-refractivity contribution in [3.63, 3.8) is 0 Å². The van der Waals surface area contributed by atoms with Gasteiger partial charge in [0.1, 0.15) is 0 Å². The highest BCUT2D eigenvalue weighted by Crippen LogP contribution is 2.18. The first-order valence-corrected chi connectivity index (χ1v) is 4.65. The molecule has 0 atom stereocenters. The van der Waals surface area contributed by atoms with Gasteiger partial charge in [-0.15, -0.1) is 0 Å². The molecule has 2 nitrogen and oxygen atoms in total. The fraction of sp³-hybridized carbons (Fsp3) is 0.364. The van der Waals surface area contributed by atoms with Crippen LogP contribution in [-0.4, -0.2) is 18.1 Å². The van der Waals surface area contributed by atoms with Gasteiger partial charge in [-0.2, -0.15) is 0 Å². The van der Waals surface area contributed by atoms with Gasteiger partial charge in [0.05, 0.1) is 11.4 Å². The van der Waals surface area contributed by atoms with Gasteiger partial charge in [-0.05, 0) is 32.1 Å². The molecular weight excluding hydrogens is 160 g/mol. The topological polar surface area (TPSA) is 16.1 Å². The highest BCUT2D eigenvalue weighted by Gasteiger charge is 2.05. The van der Waals surface area contributed by atoms with Gasteiger partial charge >= 0.3 is 0 Å². The molecular formula is C11H16N2. The van der Waals surface area contributed by atoms with Crippen LogP contribution in [0.3, 0.4) is 0 Å². The Bertz CT molecular complexity index is 277. The standard InChI is InChI=1S/C11H16N2/c1-4-10-11(8-7-9-12-10)13(5-2)6-3/h4,7-9H,1,5-6H2,2-3H3. The first-order valence-electron chi connectivity index (χ1n) is 4.65. The van der Waals surface area contributed by atoms with Crippen molar-refractivity contribution in [3.8, 4) is 0 Å². The molecule has 0 fully saturated rings. The van der Waals surface area contributed by atoms with E-state index in [0.29, 0.717) is 0 Å². The largest absolute Gasteiger partial charge is 0.370 e. The molecule has 0 radical (unpaired) electrons. The van der Waals surface area contributed by atoms with Crippen LogP contribution >= 0.6 is 0 Å². The summed E-state index contributed by atoms with van der Waals surface area (Å²) in [6.45, 7) is 10.0. The summed E-state index contributed by atoms with van der Waals surface area (Å²) in [4.78, 5) is 6.52. The first kappa shape index (κ1) is 9.78. The Kier molecular flexibility index (Phi) is 3.50. The fourth-order valence-electron chi connectivity index (χ4n) is 1.40. The molecule has 0 aliphatic rings. The van der Waals surface area contributed by atoms with Crippen molar-refractivity contribution in [2.24, 2.45) is 0 Å². The predicted molar refractivity (Wildman–Crippen MR) is 57.9 cm³/mol. The Morgan fingerprint density at radius 3 is 2.69 bits per heavy atom. The summed E-state index contributed by atoms with van der Waals surface area (Å²) in [7, 11) is 0. The van der Waals surface area contributed by atoms with Crippen molar-refractivity contribution in [2.45, 2.75) is 13.8 Å². The lowest BCUT2D eigenvalue weighted by molar-refractivity contribution is 0.861. The number of aromatic nitrogens is 1. The van der Waals surface area contributed by atoms with Crippen LogP contribution in [0.2, 0.25) is 0 Å². The van der Waals surface area contributed by atoms with E-state index in [9.17, 15) is 0 Å². The van der Waals surface area contributed by atoms with Crippen LogP contribution in [0, 0.1) is 0 Å². The van der Waals surface area contributed by atoms with Crippen LogP contribution in [0.25, 0.3) is 6.08 Å². The molecule has 70 valence electrons. The van der Waals surface area contributed by atoms with Gasteiger partial charge in [0.15, 0.2) is 0 Å². The zero-order valence-electron chi connectivity index (χ0n) is 8.33. The Labute approximate surface area is 79.9 Å². The van der Waals surface area contributed by atoms with Crippen molar-refractivity contribution in [1.82, 2.24) is 4.98 Å². The molecule has 2 heteroatoms. The predicted octanol–water partition coefficient (Wildman–Crippen LogP) is 2.57. The minimum Gasteiger partial charge on any atom is -0.370 e. The number of hydrogen-bond acceptors (Lipinski definition) is 2. The highest BCUT2D eigenvalue weighted by atomic mass is 15.1. The molecule has 0 saturated heterocycles. The average molecular weight is 176 g/mol. The molecule has 0 aliphatic carbocycles. The quantitative estimate of drug-likeness (QED) is 0.701. The van der Waals surface area contributed by atoms with E-state index in [4.69, 9.17) is 0 Å². The second-order valence-corrected chi connectivity index (χ2v) is 2.78.